The largest absolute Gasteiger partial charge is 0.383 e. The molecule has 1 heterocycles. The molecule has 0 radical (unpaired) electrons. The summed E-state index contributed by atoms with van der Waals surface area (Å²) in [7, 11) is 1.62. The van der Waals surface area contributed by atoms with Gasteiger partial charge < -0.3 is 9.64 Å². The zero-order valence-corrected chi connectivity index (χ0v) is 12.5. The Morgan fingerprint density at radius 1 is 1.50 bits per heavy atom. The highest BCUT2D eigenvalue weighted by molar-refractivity contribution is 6.31. The molecule has 20 heavy (non-hydrogen) atoms. The molecule has 1 aliphatic heterocycles. The second kappa shape index (κ2) is 6.55. The quantitative estimate of drug-likeness (QED) is 0.837. The van der Waals surface area contributed by atoms with Gasteiger partial charge in [0.15, 0.2) is 0 Å². The zero-order chi connectivity index (χ0) is 14.7. The van der Waals surface area contributed by atoms with E-state index < -0.39 is 0 Å². The number of methoxy groups -OCH3 is 1. The van der Waals surface area contributed by atoms with E-state index in [0.29, 0.717) is 43.1 Å². The first-order chi connectivity index (χ1) is 9.51. The topological polar surface area (TPSA) is 29.5 Å². The Hall–Kier alpha value is -1.13. The zero-order valence-electron chi connectivity index (χ0n) is 11.8. The molecule has 1 atom stereocenters. The fourth-order valence-corrected chi connectivity index (χ4v) is 2.86. The Kier molecular flexibility index (Phi) is 5.00. The fourth-order valence-electron chi connectivity index (χ4n) is 2.56. The van der Waals surface area contributed by atoms with E-state index in [1.54, 1.807) is 25.0 Å². The van der Waals surface area contributed by atoms with E-state index in [4.69, 9.17) is 16.3 Å². The molecular formula is C15H19ClFNO2. The van der Waals surface area contributed by atoms with Gasteiger partial charge >= 0.3 is 0 Å². The summed E-state index contributed by atoms with van der Waals surface area (Å²) in [6.07, 6.45) is 1.13. The number of carbonyl (C=O) groups excluding carboxylic acids is 1. The molecule has 2 rings (SSSR count). The number of rotatable bonds is 5. The lowest BCUT2D eigenvalue weighted by Gasteiger charge is -2.16. The third-order valence-corrected chi connectivity index (χ3v) is 4.05. The molecular weight excluding hydrogens is 281 g/mol. The lowest BCUT2D eigenvalue weighted by molar-refractivity contribution is -0.128. The van der Waals surface area contributed by atoms with Crippen molar-refractivity contribution in [1.29, 1.82) is 0 Å². The highest BCUT2D eigenvalue weighted by atomic mass is 35.5. The van der Waals surface area contributed by atoms with E-state index in [2.05, 4.69) is 0 Å². The van der Waals surface area contributed by atoms with Gasteiger partial charge in [0.05, 0.1) is 6.61 Å². The minimum Gasteiger partial charge on any atom is -0.383 e. The second-order valence-electron chi connectivity index (χ2n) is 5.30. The van der Waals surface area contributed by atoms with Crippen LogP contribution in [0.1, 0.15) is 17.5 Å². The summed E-state index contributed by atoms with van der Waals surface area (Å²) in [5.41, 5.74) is 1.32. The van der Waals surface area contributed by atoms with E-state index in [-0.39, 0.29) is 17.6 Å². The molecule has 110 valence electrons. The van der Waals surface area contributed by atoms with Crippen LogP contribution in [0, 0.1) is 18.7 Å². The van der Waals surface area contributed by atoms with Crippen LogP contribution < -0.4 is 0 Å². The monoisotopic (exact) mass is 299 g/mol. The van der Waals surface area contributed by atoms with Crippen molar-refractivity contribution in [1.82, 2.24) is 4.90 Å². The average Bonchev–Trinajstić information content (AvgIpc) is 2.74. The van der Waals surface area contributed by atoms with Gasteiger partial charge in [0.25, 0.3) is 0 Å². The molecule has 0 aliphatic carbocycles. The Morgan fingerprint density at radius 2 is 2.25 bits per heavy atom. The molecule has 1 unspecified atom stereocenters. The van der Waals surface area contributed by atoms with E-state index >= 15 is 0 Å². The predicted molar refractivity (Wildman–Crippen MR) is 76.4 cm³/mol. The van der Waals surface area contributed by atoms with Crippen molar-refractivity contribution >= 4 is 17.5 Å². The molecule has 1 aliphatic rings. The molecule has 1 aromatic rings. The van der Waals surface area contributed by atoms with Gasteiger partial charge in [-0.3, -0.25) is 4.79 Å². The van der Waals surface area contributed by atoms with E-state index in [1.165, 1.54) is 6.07 Å². The molecule has 1 aromatic carbocycles. The Bertz CT molecular complexity index is 507. The van der Waals surface area contributed by atoms with Crippen LogP contribution in [0.5, 0.6) is 0 Å². The summed E-state index contributed by atoms with van der Waals surface area (Å²) >= 11 is 6.15. The summed E-state index contributed by atoms with van der Waals surface area (Å²) in [6.45, 7) is 3.53. The Balaban J connectivity index is 2.01. The first kappa shape index (κ1) is 15.3. The van der Waals surface area contributed by atoms with E-state index in [0.717, 1.165) is 5.56 Å². The van der Waals surface area contributed by atoms with Crippen LogP contribution in [-0.2, 0) is 16.0 Å². The van der Waals surface area contributed by atoms with E-state index in [1.807, 2.05) is 0 Å². The molecule has 0 aromatic heterocycles. The third-order valence-electron chi connectivity index (χ3n) is 3.70. The fraction of sp³-hybridized carbons (Fsp3) is 0.533. The van der Waals surface area contributed by atoms with Crippen molar-refractivity contribution in [3.63, 3.8) is 0 Å². The second-order valence-corrected chi connectivity index (χ2v) is 5.71. The van der Waals surface area contributed by atoms with Crippen molar-refractivity contribution in [2.24, 2.45) is 5.92 Å². The summed E-state index contributed by atoms with van der Waals surface area (Å²) < 4.78 is 18.6. The first-order valence-corrected chi connectivity index (χ1v) is 7.10. The van der Waals surface area contributed by atoms with Crippen LogP contribution in [0.15, 0.2) is 12.1 Å². The molecule has 1 amide bonds. The number of likely N-dealkylation sites (tertiary alicyclic amines) is 1. The molecule has 0 saturated carbocycles. The molecule has 1 fully saturated rings. The molecule has 0 bridgehead atoms. The van der Waals surface area contributed by atoms with Crippen molar-refractivity contribution in [2.75, 3.05) is 26.8 Å². The van der Waals surface area contributed by atoms with Crippen LogP contribution in [0.25, 0.3) is 0 Å². The lowest BCUT2D eigenvalue weighted by atomic mass is 9.97. The summed E-state index contributed by atoms with van der Waals surface area (Å²) in [5.74, 6) is 0.0830. The van der Waals surface area contributed by atoms with Gasteiger partial charge in [-0.2, -0.15) is 0 Å². The van der Waals surface area contributed by atoms with Crippen LogP contribution in [0.3, 0.4) is 0 Å². The van der Waals surface area contributed by atoms with Gasteiger partial charge in [0.2, 0.25) is 5.91 Å². The molecule has 5 heteroatoms. The van der Waals surface area contributed by atoms with Crippen molar-refractivity contribution in [3.8, 4) is 0 Å². The molecule has 3 nitrogen and oxygen atoms in total. The number of benzene rings is 1. The van der Waals surface area contributed by atoms with Gasteiger partial charge in [-0.25, -0.2) is 4.39 Å². The minimum atomic E-state index is -0.245. The van der Waals surface area contributed by atoms with Crippen molar-refractivity contribution in [2.45, 2.75) is 19.8 Å². The summed E-state index contributed by atoms with van der Waals surface area (Å²) in [4.78, 5) is 13.6. The molecule has 1 saturated heterocycles. The molecule has 0 N–H and O–H groups in total. The number of halogens is 2. The highest BCUT2D eigenvalue weighted by Crippen LogP contribution is 2.27. The Labute approximate surface area is 123 Å². The number of carbonyl (C=O) groups is 1. The maximum atomic E-state index is 13.6. The van der Waals surface area contributed by atoms with Crippen molar-refractivity contribution in [3.05, 3.63) is 34.1 Å². The van der Waals surface area contributed by atoms with Gasteiger partial charge in [-0.05, 0) is 42.5 Å². The van der Waals surface area contributed by atoms with Gasteiger partial charge in [-0.1, -0.05) is 11.6 Å². The summed E-state index contributed by atoms with van der Waals surface area (Å²) in [5, 5.41) is 0.576. The molecule has 0 spiro atoms. The predicted octanol–water partition coefficient (Wildman–Crippen LogP) is 2.82. The maximum Gasteiger partial charge on any atom is 0.223 e. The number of hydrogen-bond donors (Lipinski definition) is 0. The van der Waals surface area contributed by atoms with Gasteiger partial charge in [0.1, 0.15) is 5.82 Å². The van der Waals surface area contributed by atoms with Crippen LogP contribution in [-0.4, -0.2) is 37.6 Å². The Morgan fingerprint density at radius 3 is 2.95 bits per heavy atom. The maximum absolute atomic E-state index is 13.6. The summed E-state index contributed by atoms with van der Waals surface area (Å²) in [6, 6.07) is 3.13. The standard InChI is InChI=1S/C15H19ClFNO2/c1-10-5-13(16)12(8-14(10)17)6-11-7-15(19)18(9-11)3-4-20-2/h5,8,11H,3-4,6-7,9H2,1-2H3. The number of aryl methyl sites for hydroxylation is 1. The first-order valence-electron chi connectivity index (χ1n) is 6.72. The van der Waals surface area contributed by atoms with Gasteiger partial charge in [-0.15, -0.1) is 0 Å². The number of ether oxygens (including phenoxy) is 1. The SMILES string of the molecule is COCCN1CC(Cc2cc(F)c(C)cc2Cl)CC1=O. The third kappa shape index (κ3) is 3.49. The van der Waals surface area contributed by atoms with Crippen LogP contribution in [0.4, 0.5) is 4.39 Å². The van der Waals surface area contributed by atoms with E-state index in [9.17, 15) is 9.18 Å². The van der Waals surface area contributed by atoms with Crippen LogP contribution >= 0.6 is 11.6 Å². The number of hydrogen-bond acceptors (Lipinski definition) is 2. The van der Waals surface area contributed by atoms with Gasteiger partial charge in [0, 0.05) is 31.6 Å². The lowest BCUT2D eigenvalue weighted by Crippen LogP contribution is -2.28. The van der Waals surface area contributed by atoms with Crippen molar-refractivity contribution < 1.29 is 13.9 Å². The average molecular weight is 300 g/mol. The minimum absolute atomic E-state index is 0.135. The smallest absolute Gasteiger partial charge is 0.223 e. The highest BCUT2D eigenvalue weighted by Gasteiger charge is 2.29. The van der Waals surface area contributed by atoms with Crippen LogP contribution in [0.2, 0.25) is 5.02 Å². The number of amides is 1. The normalized spacial score (nSPS) is 18.9. The number of nitrogens with zero attached hydrogens (tertiary/aromatic N) is 1.